The second-order valence-corrected chi connectivity index (χ2v) is 5.11. The van der Waals surface area contributed by atoms with E-state index in [1.807, 2.05) is 31.2 Å². The normalized spacial score (nSPS) is 17.6. The summed E-state index contributed by atoms with van der Waals surface area (Å²) in [6.45, 7) is 2.02. The third-order valence-corrected chi connectivity index (χ3v) is 3.80. The Hall–Kier alpha value is -2.36. The van der Waals surface area contributed by atoms with Gasteiger partial charge in [0.15, 0.2) is 5.43 Å². The monoisotopic (exact) mass is 268 g/mol. The van der Waals surface area contributed by atoms with Crippen LogP contribution in [0.4, 0.5) is 5.69 Å². The number of amides is 1. The molecule has 0 fully saturated rings. The molecule has 4 nitrogen and oxygen atoms in total. The van der Waals surface area contributed by atoms with Crippen molar-refractivity contribution >= 4 is 11.6 Å². The Labute approximate surface area is 117 Å². The fourth-order valence-corrected chi connectivity index (χ4v) is 2.71. The maximum absolute atomic E-state index is 12.7. The standard InChI is InChI=1S/C16H16N2O2/c1-11-6-7-12-4-2-3-5-14(12)18(11)16(20)13-10-17-9-8-15(13)19/h2-5,8-11H,6-7H2,1H3,(H,17,19). The molecule has 4 heteroatoms. The fourth-order valence-electron chi connectivity index (χ4n) is 2.71. The summed E-state index contributed by atoms with van der Waals surface area (Å²) < 4.78 is 0. The van der Waals surface area contributed by atoms with Crippen LogP contribution in [0.5, 0.6) is 0 Å². The van der Waals surface area contributed by atoms with Crippen molar-refractivity contribution in [2.45, 2.75) is 25.8 Å². The summed E-state index contributed by atoms with van der Waals surface area (Å²) in [5.74, 6) is -0.230. The summed E-state index contributed by atoms with van der Waals surface area (Å²) in [5, 5.41) is 0. The number of para-hydroxylation sites is 1. The maximum atomic E-state index is 12.7. The molecule has 1 unspecified atom stereocenters. The fraction of sp³-hybridized carbons (Fsp3) is 0.250. The molecule has 1 aliphatic rings. The van der Waals surface area contributed by atoms with Gasteiger partial charge in [-0.3, -0.25) is 9.59 Å². The molecule has 0 saturated heterocycles. The summed E-state index contributed by atoms with van der Waals surface area (Å²) in [4.78, 5) is 29.1. The summed E-state index contributed by atoms with van der Waals surface area (Å²) in [7, 11) is 0. The Morgan fingerprint density at radius 2 is 2.10 bits per heavy atom. The van der Waals surface area contributed by atoms with Crippen LogP contribution in [-0.2, 0) is 6.42 Å². The van der Waals surface area contributed by atoms with Gasteiger partial charge < -0.3 is 9.88 Å². The highest BCUT2D eigenvalue weighted by atomic mass is 16.2. The number of anilines is 1. The Kier molecular flexibility index (Phi) is 3.14. The van der Waals surface area contributed by atoms with Gasteiger partial charge in [0.2, 0.25) is 0 Å². The predicted octanol–water partition coefficient (Wildman–Crippen LogP) is 2.36. The number of nitrogens with zero attached hydrogens (tertiary/aromatic N) is 1. The highest BCUT2D eigenvalue weighted by molar-refractivity contribution is 6.06. The second kappa shape index (κ2) is 4.96. The zero-order valence-corrected chi connectivity index (χ0v) is 11.3. The van der Waals surface area contributed by atoms with Gasteiger partial charge in [-0.25, -0.2) is 0 Å². The van der Waals surface area contributed by atoms with E-state index < -0.39 is 0 Å². The van der Waals surface area contributed by atoms with Crippen LogP contribution in [0.25, 0.3) is 0 Å². The van der Waals surface area contributed by atoms with E-state index in [0.717, 1.165) is 24.1 Å². The van der Waals surface area contributed by atoms with Crippen molar-refractivity contribution in [3.8, 4) is 0 Å². The lowest BCUT2D eigenvalue weighted by Crippen LogP contribution is -2.43. The van der Waals surface area contributed by atoms with Gasteiger partial charge in [-0.2, -0.15) is 0 Å². The summed E-state index contributed by atoms with van der Waals surface area (Å²) in [5.41, 5.74) is 2.02. The molecule has 0 spiro atoms. The molecule has 0 radical (unpaired) electrons. The lowest BCUT2D eigenvalue weighted by atomic mass is 9.96. The van der Waals surface area contributed by atoms with Crippen molar-refractivity contribution in [1.82, 2.24) is 4.98 Å². The smallest absolute Gasteiger partial charge is 0.263 e. The van der Waals surface area contributed by atoms with Gasteiger partial charge in [-0.1, -0.05) is 18.2 Å². The average Bonchev–Trinajstić information content (AvgIpc) is 2.47. The molecular formula is C16H16N2O2. The van der Waals surface area contributed by atoms with Crippen molar-refractivity contribution in [2.24, 2.45) is 0 Å². The topological polar surface area (TPSA) is 53.2 Å². The minimum Gasteiger partial charge on any atom is -0.367 e. The van der Waals surface area contributed by atoms with E-state index in [2.05, 4.69) is 4.98 Å². The molecule has 0 bridgehead atoms. The number of hydrogen-bond donors (Lipinski definition) is 1. The minimum atomic E-state index is -0.246. The van der Waals surface area contributed by atoms with Crippen LogP contribution < -0.4 is 10.3 Å². The van der Waals surface area contributed by atoms with E-state index in [-0.39, 0.29) is 22.9 Å². The van der Waals surface area contributed by atoms with E-state index in [1.165, 1.54) is 18.5 Å². The molecule has 1 amide bonds. The van der Waals surface area contributed by atoms with E-state index in [1.54, 1.807) is 4.90 Å². The molecule has 1 atom stereocenters. The molecular weight excluding hydrogens is 252 g/mol. The van der Waals surface area contributed by atoms with Crippen LogP contribution in [0.2, 0.25) is 0 Å². The Bertz CT molecular complexity index is 705. The number of rotatable bonds is 1. The summed E-state index contributed by atoms with van der Waals surface area (Å²) >= 11 is 0. The van der Waals surface area contributed by atoms with Crippen LogP contribution in [0.15, 0.2) is 47.5 Å². The van der Waals surface area contributed by atoms with Gasteiger partial charge in [0, 0.05) is 30.2 Å². The number of aromatic nitrogens is 1. The molecule has 20 heavy (non-hydrogen) atoms. The number of hydrogen-bond acceptors (Lipinski definition) is 2. The number of aryl methyl sites for hydroxylation is 1. The van der Waals surface area contributed by atoms with Gasteiger partial charge >= 0.3 is 0 Å². The zero-order valence-electron chi connectivity index (χ0n) is 11.3. The number of nitrogens with one attached hydrogen (secondary N) is 1. The number of benzene rings is 1. The molecule has 3 rings (SSSR count). The van der Waals surface area contributed by atoms with E-state index in [0.29, 0.717) is 0 Å². The van der Waals surface area contributed by atoms with E-state index >= 15 is 0 Å². The Morgan fingerprint density at radius 3 is 2.90 bits per heavy atom. The number of H-pyrrole nitrogens is 1. The molecule has 1 aromatic heterocycles. The number of aromatic amines is 1. The predicted molar refractivity (Wildman–Crippen MR) is 78.1 cm³/mol. The zero-order chi connectivity index (χ0) is 14.1. The number of carbonyl (C=O) groups excluding carboxylic acids is 1. The SMILES string of the molecule is CC1CCc2ccccc2N1C(=O)c1c[nH]ccc1=O. The van der Waals surface area contributed by atoms with Crippen LogP contribution in [0.3, 0.4) is 0 Å². The summed E-state index contributed by atoms with van der Waals surface area (Å²) in [6.07, 6.45) is 4.89. The first kappa shape index (κ1) is 12.7. The number of pyridine rings is 1. The molecule has 1 aromatic carbocycles. The molecule has 0 saturated carbocycles. The first-order valence-corrected chi connectivity index (χ1v) is 6.77. The van der Waals surface area contributed by atoms with E-state index in [4.69, 9.17) is 0 Å². The molecule has 1 aliphatic heterocycles. The minimum absolute atomic E-state index is 0.0945. The lowest BCUT2D eigenvalue weighted by Gasteiger charge is -2.35. The van der Waals surface area contributed by atoms with Gasteiger partial charge in [-0.15, -0.1) is 0 Å². The number of carbonyl (C=O) groups is 1. The first-order valence-electron chi connectivity index (χ1n) is 6.77. The van der Waals surface area contributed by atoms with Crippen LogP contribution >= 0.6 is 0 Å². The molecule has 1 N–H and O–H groups in total. The third-order valence-electron chi connectivity index (χ3n) is 3.80. The third kappa shape index (κ3) is 2.03. The highest BCUT2D eigenvalue weighted by Gasteiger charge is 2.29. The second-order valence-electron chi connectivity index (χ2n) is 5.11. The molecule has 102 valence electrons. The van der Waals surface area contributed by atoms with Crippen molar-refractivity contribution in [2.75, 3.05) is 4.90 Å². The van der Waals surface area contributed by atoms with Gasteiger partial charge in [-0.05, 0) is 31.4 Å². The van der Waals surface area contributed by atoms with Crippen LogP contribution in [0.1, 0.15) is 29.3 Å². The van der Waals surface area contributed by atoms with Gasteiger partial charge in [0.1, 0.15) is 5.56 Å². The largest absolute Gasteiger partial charge is 0.367 e. The van der Waals surface area contributed by atoms with Gasteiger partial charge in [0.25, 0.3) is 5.91 Å². The summed E-state index contributed by atoms with van der Waals surface area (Å²) in [6, 6.07) is 9.36. The quantitative estimate of drug-likeness (QED) is 0.863. The highest BCUT2D eigenvalue weighted by Crippen LogP contribution is 2.31. The first-order chi connectivity index (χ1) is 9.68. The average molecular weight is 268 g/mol. The molecule has 2 heterocycles. The Balaban J connectivity index is 2.08. The van der Waals surface area contributed by atoms with Gasteiger partial charge in [0.05, 0.1) is 0 Å². The van der Waals surface area contributed by atoms with Crippen molar-refractivity contribution in [3.05, 3.63) is 64.1 Å². The van der Waals surface area contributed by atoms with Crippen molar-refractivity contribution in [3.63, 3.8) is 0 Å². The number of fused-ring (bicyclic) bond motifs is 1. The van der Waals surface area contributed by atoms with Crippen molar-refractivity contribution < 1.29 is 4.79 Å². The van der Waals surface area contributed by atoms with Crippen LogP contribution in [0, 0.1) is 0 Å². The molecule has 0 aliphatic carbocycles. The maximum Gasteiger partial charge on any atom is 0.263 e. The van der Waals surface area contributed by atoms with E-state index in [9.17, 15) is 9.59 Å². The van der Waals surface area contributed by atoms with Crippen LogP contribution in [-0.4, -0.2) is 16.9 Å². The van der Waals surface area contributed by atoms with Crippen molar-refractivity contribution in [1.29, 1.82) is 0 Å². The lowest BCUT2D eigenvalue weighted by molar-refractivity contribution is 0.0974. The molecule has 2 aromatic rings. The Morgan fingerprint density at radius 1 is 1.30 bits per heavy atom.